The van der Waals surface area contributed by atoms with E-state index >= 15 is 0 Å². The standard InChI is InChI=1S/C12H15NO3S2/c1-9(8-18(2)16)13-12(15)10-6-11(17-7-10)4-3-5-14/h6-7,9,14H,5,8H2,1-2H3,(H,13,15). The van der Waals surface area contributed by atoms with Crippen molar-refractivity contribution in [3.63, 3.8) is 0 Å². The lowest BCUT2D eigenvalue weighted by Gasteiger charge is -2.11. The summed E-state index contributed by atoms with van der Waals surface area (Å²) in [5, 5.41) is 13.1. The van der Waals surface area contributed by atoms with Crippen LogP contribution in [0.15, 0.2) is 11.4 Å². The number of hydrogen-bond acceptors (Lipinski definition) is 4. The topological polar surface area (TPSA) is 66.4 Å². The second kappa shape index (κ2) is 7.31. The van der Waals surface area contributed by atoms with Gasteiger partial charge in [0.15, 0.2) is 0 Å². The summed E-state index contributed by atoms with van der Waals surface area (Å²) in [4.78, 5) is 12.6. The predicted octanol–water partition coefficient (Wildman–Crippen LogP) is 0.589. The number of nitrogens with one attached hydrogen (secondary N) is 1. The number of aliphatic hydroxyl groups excluding tert-OH is 1. The van der Waals surface area contributed by atoms with Crippen molar-refractivity contribution in [1.82, 2.24) is 5.32 Å². The zero-order chi connectivity index (χ0) is 13.5. The first-order chi connectivity index (χ1) is 8.52. The highest BCUT2D eigenvalue weighted by Crippen LogP contribution is 2.13. The van der Waals surface area contributed by atoms with Crippen LogP contribution < -0.4 is 5.32 Å². The van der Waals surface area contributed by atoms with Crippen LogP contribution in [-0.4, -0.2) is 39.9 Å². The molecular formula is C12H15NO3S2. The Morgan fingerprint density at radius 3 is 3.00 bits per heavy atom. The Morgan fingerprint density at radius 1 is 1.67 bits per heavy atom. The number of hydrogen-bond donors (Lipinski definition) is 2. The summed E-state index contributed by atoms with van der Waals surface area (Å²) in [6, 6.07) is 1.55. The Balaban J connectivity index is 2.61. The number of carbonyl (C=O) groups is 1. The average molecular weight is 285 g/mol. The third-order valence-corrected chi connectivity index (χ3v) is 3.83. The summed E-state index contributed by atoms with van der Waals surface area (Å²) < 4.78 is 11.0. The maximum Gasteiger partial charge on any atom is 0.252 e. The molecule has 98 valence electrons. The molecule has 2 atom stereocenters. The van der Waals surface area contributed by atoms with Gasteiger partial charge in [0.1, 0.15) is 6.61 Å². The van der Waals surface area contributed by atoms with E-state index in [2.05, 4.69) is 17.2 Å². The molecule has 6 heteroatoms. The third kappa shape index (κ3) is 5.00. The van der Waals surface area contributed by atoms with Crippen LogP contribution in [0.25, 0.3) is 0 Å². The number of aliphatic hydroxyl groups is 1. The maximum atomic E-state index is 11.8. The fourth-order valence-electron chi connectivity index (χ4n) is 1.35. The molecule has 0 saturated carbocycles. The molecule has 18 heavy (non-hydrogen) atoms. The Morgan fingerprint density at radius 2 is 2.39 bits per heavy atom. The largest absolute Gasteiger partial charge is 0.384 e. The van der Waals surface area contributed by atoms with E-state index in [0.29, 0.717) is 11.3 Å². The summed E-state index contributed by atoms with van der Waals surface area (Å²) in [6.45, 7) is 1.62. The molecule has 4 nitrogen and oxygen atoms in total. The van der Waals surface area contributed by atoms with Gasteiger partial charge in [-0.05, 0) is 13.0 Å². The van der Waals surface area contributed by atoms with Gasteiger partial charge in [-0.3, -0.25) is 9.00 Å². The van der Waals surface area contributed by atoms with Crippen LogP contribution in [0.2, 0.25) is 0 Å². The number of amides is 1. The fraction of sp³-hybridized carbons (Fsp3) is 0.417. The summed E-state index contributed by atoms with van der Waals surface area (Å²) in [5.74, 6) is 5.52. The van der Waals surface area contributed by atoms with Crippen LogP contribution in [0.1, 0.15) is 22.2 Å². The Hall–Kier alpha value is -1.16. The summed E-state index contributed by atoms with van der Waals surface area (Å²) in [5.41, 5.74) is 0.538. The summed E-state index contributed by atoms with van der Waals surface area (Å²) in [6.07, 6.45) is 1.61. The zero-order valence-corrected chi connectivity index (χ0v) is 11.9. The first-order valence-electron chi connectivity index (χ1n) is 5.32. The van der Waals surface area contributed by atoms with Crippen molar-refractivity contribution < 1.29 is 14.1 Å². The minimum atomic E-state index is -0.930. The molecule has 1 heterocycles. The van der Waals surface area contributed by atoms with Crippen molar-refractivity contribution >= 4 is 28.0 Å². The Bertz CT molecular complexity index is 499. The van der Waals surface area contributed by atoms with Gasteiger partial charge in [0.05, 0.1) is 10.4 Å². The highest BCUT2D eigenvalue weighted by Gasteiger charge is 2.12. The normalized spacial score (nSPS) is 13.3. The number of thiophene rings is 1. The van der Waals surface area contributed by atoms with Crippen molar-refractivity contribution in [2.24, 2.45) is 0 Å². The van der Waals surface area contributed by atoms with Gasteiger partial charge in [-0.25, -0.2) is 0 Å². The summed E-state index contributed by atoms with van der Waals surface area (Å²) in [7, 11) is -0.930. The molecule has 0 saturated heterocycles. The lowest BCUT2D eigenvalue weighted by atomic mass is 10.2. The molecule has 1 aromatic heterocycles. The maximum absolute atomic E-state index is 11.8. The number of carbonyl (C=O) groups excluding carboxylic acids is 1. The lowest BCUT2D eigenvalue weighted by Crippen LogP contribution is -2.35. The van der Waals surface area contributed by atoms with E-state index in [4.69, 9.17) is 5.11 Å². The quantitative estimate of drug-likeness (QED) is 0.796. The smallest absolute Gasteiger partial charge is 0.252 e. The van der Waals surface area contributed by atoms with Crippen molar-refractivity contribution in [2.75, 3.05) is 18.6 Å². The molecule has 0 aliphatic heterocycles. The second-order valence-electron chi connectivity index (χ2n) is 3.77. The van der Waals surface area contributed by atoms with Gasteiger partial charge in [-0.15, -0.1) is 11.3 Å². The zero-order valence-electron chi connectivity index (χ0n) is 10.2. The van der Waals surface area contributed by atoms with E-state index in [1.165, 1.54) is 11.3 Å². The van der Waals surface area contributed by atoms with Gasteiger partial charge in [0.25, 0.3) is 5.91 Å². The molecule has 0 aliphatic carbocycles. The second-order valence-corrected chi connectivity index (χ2v) is 6.16. The van der Waals surface area contributed by atoms with E-state index in [1.807, 2.05) is 6.92 Å². The van der Waals surface area contributed by atoms with E-state index in [9.17, 15) is 9.00 Å². The number of rotatable bonds is 4. The molecule has 1 aromatic rings. The molecule has 0 aliphatic rings. The van der Waals surface area contributed by atoms with Gasteiger partial charge < -0.3 is 10.4 Å². The van der Waals surface area contributed by atoms with Crippen LogP contribution in [-0.2, 0) is 10.8 Å². The van der Waals surface area contributed by atoms with Crippen LogP contribution in [0.4, 0.5) is 0 Å². The first-order valence-corrected chi connectivity index (χ1v) is 7.92. The van der Waals surface area contributed by atoms with Gasteiger partial charge in [0, 0.05) is 34.2 Å². The van der Waals surface area contributed by atoms with Gasteiger partial charge in [-0.2, -0.15) is 0 Å². The molecule has 0 radical (unpaired) electrons. The van der Waals surface area contributed by atoms with Crippen LogP contribution in [0.5, 0.6) is 0 Å². The molecule has 2 unspecified atom stereocenters. The highest BCUT2D eigenvalue weighted by atomic mass is 32.2. The Labute approximate surface area is 113 Å². The van der Waals surface area contributed by atoms with Crippen molar-refractivity contribution in [2.45, 2.75) is 13.0 Å². The molecule has 2 N–H and O–H groups in total. The van der Waals surface area contributed by atoms with Gasteiger partial charge in [-0.1, -0.05) is 11.8 Å². The van der Waals surface area contributed by atoms with E-state index in [-0.39, 0.29) is 18.6 Å². The molecule has 0 aromatic carbocycles. The predicted molar refractivity (Wildman–Crippen MR) is 74.1 cm³/mol. The monoisotopic (exact) mass is 285 g/mol. The average Bonchev–Trinajstić information content (AvgIpc) is 2.73. The molecule has 1 rings (SSSR count). The van der Waals surface area contributed by atoms with E-state index < -0.39 is 10.8 Å². The molecular weight excluding hydrogens is 270 g/mol. The van der Waals surface area contributed by atoms with Crippen molar-refractivity contribution in [1.29, 1.82) is 0 Å². The first kappa shape index (κ1) is 14.9. The fourth-order valence-corrected chi connectivity index (χ4v) is 2.89. The van der Waals surface area contributed by atoms with Crippen LogP contribution in [0.3, 0.4) is 0 Å². The minimum absolute atomic E-state index is 0.129. The van der Waals surface area contributed by atoms with E-state index in [1.54, 1.807) is 17.7 Å². The molecule has 0 bridgehead atoms. The lowest BCUT2D eigenvalue weighted by molar-refractivity contribution is 0.0944. The minimum Gasteiger partial charge on any atom is -0.384 e. The van der Waals surface area contributed by atoms with Crippen LogP contribution >= 0.6 is 11.3 Å². The summed E-state index contributed by atoms with van der Waals surface area (Å²) >= 11 is 1.35. The Kier molecular flexibility index (Phi) is 6.05. The van der Waals surface area contributed by atoms with Gasteiger partial charge >= 0.3 is 0 Å². The van der Waals surface area contributed by atoms with Gasteiger partial charge in [0.2, 0.25) is 0 Å². The van der Waals surface area contributed by atoms with E-state index in [0.717, 1.165) is 4.88 Å². The van der Waals surface area contributed by atoms with Crippen molar-refractivity contribution in [3.8, 4) is 11.8 Å². The molecule has 0 fully saturated rings. The highest BCUT2D eigenvalue weighted by molar-refractivity contribution is 7.84. The molecule has 0 spiro atoms. The van der Waals surface area contributed by atoms with Crippen molar-refractivity contribution in [3.05, 3.63) is 21.9 Å². The SMILES string of the molecule is CC(CS(C)=O)NC(=O)c1csc(C#CCO)c1. The third-order valence-electron chi connectivity index (χ3n) is 2.01. The van der Waals surface area contributed by atoms with Crippen LogP contribution in [0, 0.1) is 11.8 Å². The molecule has 1 amide bonds.